The fourth-order valence-electron chi connectivity index (χ4n) is 2.17. The Hall–Kier alpha value is -2.24. The molecule has 2 aromatic rings. The Morgan fingerprint density at radius 1 is 1.04 bits per heavy atom. The molecule has 0 amide bonds. The van der Waals surface area contributed by atoms with E-state index < -0.39 is 12.6 Å². The molecule has 0 heterocycles. The molecule has 0 fully saturated rings. The van der Waals surface area contributed by atoms with E-state index in [0.717, 1.165) is 16.3 Å². The van der Waals surface area contributed by atoms with E-state index in [-0.39, 0.29) is 6.54 Å². The summed E-state index contributed by atoms with van der Waals surface area (Å²) in [6, 6.07) is 14.0. The van der Waals surface area contributed by atoms with Crippen LogP contribution in [0.15, 0.2) is 47.5 Å². The first-order valence-electron chi connectivity index (χ1n) is 7.54. The molecule has 3 nitrogen and oxygen atoms in total. The van der Waals surface area contributed by atoms with Gasteiger partial charge in [0.1, 0.15) is 0 Å². The fourth-order valence-corrected chi connectivity index (χ4v) is 2.17. The molecule has 0 aliphatic rings. The summed E-state index contributed by atoms with van der Waals surface area (Å²) in [4.78, 5) is 4.34. The number of hydrogen-bond acceptors (Lipinski definition) is 1. The minimum Gasteiger partial charge on any atom is -0.357 e. The summed E-state index contributed by atoms with van der Waals surface area (Å²) in [6.07, 6.45) is -5.05. The molecule has 2 N–H and O–H groups in total. The lowest BCUT2D eigenvalue weighted by molar-refractivity contribution is -0.132. The lowest BCUT2D eigenvalue weighted by Crippen LogP contribution is -2.38. The van der Waals surface area contributed by atoms with Crippen molar-refractivity contribution in [2.24, 2.45) is 4.99 Å². The topological polar surface area (TPSA) is 36.4 Å². The second kappa shape index (κ2) is 7.85. The van der Waals surface area contributed by atoms with Crippen molar-refractivity contribution < 1.29 is 13.2 Å². The van der Waals surface area contributed by atoms with Crippen molar-refractivity contribution in [3.63, 3.8) is 0 Å². The van der Waals surface area contributed by atoms with Crippen LogP contribution in [-0.2, 0) is 6.54 Å². The number of fused-ring (bicyclic) bond motifs is 1. The zero-order valence-corrected chi connectivity index (χ0v) is 13.0. The summed E-state index contributed by atoms with van der Waals surface area (Å²) in [7, 11) is 0. The summed E-state index contributed by atoms with van der Waals surface area (Å²) in [5.74, 6) is 0.393. The maximum absolute atomic E-state index is 12.2. The van der Waals surface area contributed by atoms with Crippen LogP contribution >= 0.6 is 0 Å². The second-order valence-corrected chi connectivity index (χ2v) is 5.17. The van der Waals surface area contributed by atoms with Crippen LogP contribution in [0.1, 0.15) is 18.9 Å². The molecule has 0 aliphatic carbocycles. The van der Waals surface area contributed by atoms with E-state index in [2.05, 4.69) is 15.6 Å². The third-order valence-corrected chi connectivity index (χ3v) is 3.28. The highest BCUT2D eigenvalue weighted by Gasteiger charge is 2.26. The lowest BCUT2D eigenvalue weighted by atomic mass is 10.1. The van der Waals surface area contributed by atoms with Crippen LogP contribution < -0.4 is 10.6 Å². The summed E-state index contributed by atoms with van der Waals surface area (Å²) in [6.45, 7) is 2.69. The maximum Gasteiger partial charge on any atom is 0.390 e. The minimum absolute atomic E-state index is 0.187. The molecular formula is C17H20F3N3. The van der Waals surface area contributed by atoms with Crippen LogP contribution in [0.3, 0.4) is 0 Å². The van der Waals surface area contributed by atoms with E-state index in [1.807, 2.05) is 49.4 Å². The molecular weight excluding hydrogens is 303 g/mol. The number of nitrogens with one attached hydrogen (secondary N) is 2. The molecule has 0 atom stereocenters. The number of benzene rings is 2. The van der Waals surface area contributed by atoms with Gasteiger partial charge in [0, 0.05) is 13.1 Å². The number of nitrogens with zero attached hydrogens (tertiary/aromatic N) is 1. The number of rotatable bonds is 5. The molecule has 2 aromatic carbocycles. The number of aliphatic imine (C=N–C) groups is 1. The van der Waals surface area contributed by atoms with Gasteiger partial charge < -0.3 is 10.6 Å². The van der Waals surface area contributed by atoms with Crippen molar-refractivity contribution in [3.8, 4) is 0 Å². The van der Waals surface area contributed by atoms with Gasteiger partial charge in [-0.05, 0) is 29.3 Å². The van der Waals surface area contributed by atoms with Crippen LogP contribution in [0.25, 0.3) is 10.8 Å². The Kier molecular flexibility index (Phi) is 5.84. The van der Waals surface area contributed by atoms with Crippen LogP contribution in [0.5, 0.6) is 0 Å². The van der Waals surface area contributed by atoms with Gasteiger partial charge in [0.25, 0.3) is 0 Å². The van der Waals surface area contributed by atoms with Gasteiger partial charge in [-0.25, -0.2) is 4.99 Å². The predicted octanol–water partition coefficient (Wildman–Crippen LogP) is 3.85. The van der Waals surface area contributed by atoms with Gasteiger partial charge in [0.05, 0.1) is 13.0 Å². The van der Waals surface area contributed by atoms with Crippen LogP contribution in [0, 0.1) is 0 Å². The smallest absolute Gasteiger partial charge is 0.357 e. The van der Waals surface area contributed by atoms with Gasteiger partial charge in [-0.15, -0.1) is 0 Å². The Morgan fingerprint density at radius 2 is 1.78 bits per heavy atom. The van der Waals surface area contributed by atoms with Crippen molar-refractivity contribution in [1.82, 2.24) is 10.6 Å². The number of alkyl halides is 3. The molecule has 2 rings (SSSR count). The largest absolute Gasteiger partial charge is 0.390 e. The molecule has 0 aromatic heterocycles. The summed E-state index contributed by atoms with van der Waals surface area (Å²) in [5.41, 5.74) is 1.01. The van der Waals surface area contributed by atoms with E-state index in [4.69, 9.17) is 0 Å². The van der Waals surface area contributed by atoms with Crippen LogP contribution in [-0.4, -0.2) is 25.2 Å². The van der Waals surface area contributed by atoms with Crippen molar-refractivity contribution >= 4 is 16.7 Å². The molecule has 0 saturated heterocycles. The van der Waals surface area contributed by atoms with Crippen molar-refractivity contribution in [2.75, 3.05) is 13.1 Å². The monoisotopic (exact) mass is 323 g/mol. The van der Waals surface area contributed by atoms with E-state index in [9.17, 15) is 13.2 Å². The Morgan fingerprint density at radius 3 is 2.48 bits per heavy atom. The SMILES string of the molecule is CCNC(=NCc1ccc2ccccc2c1)NCCC(F)(F)F. The lowest BCUT2D eigenvalue weighted by Gasteiger charge is -2.12. The zero-order chi connectivity index (χ0) is 16.7. The van der Waals surface area contributed by atoms with Crippen molar-refractivity contribution in [3.05, 3.63) is 48.0 Å². The third-order valence-electron chi connectivity index (χ3n) is 3.28. The van der Waals surface area contributed by atoms with Crippen LogP contribution in [0.4, 0.5) is 13.2 Å². The Labute approximate surface area is 133 Å². The first-order valence-corrected chi connectivity index (χ1v) is 7.54. The fraction of sp³-hybridized carbons (Fsp3) is 0.353. The Bertz CT molecular complexity index is 665. The molecule has 23 heavy (non-hydrogen) atoms. The summed E-state index contributed by atoms with van der Waals surface area (Å²) in [5, 5.41) is 7.92. The predicted molar refractivity (Wildman–Crippen MR) is 87.4 cm³/mol. The molecule has 0 bridgehead atoms. The molecule has 6 heteroatoms. The maximum atomic E-state index is 12.2. The highest BCUT2D eigenvalue weighted by atomic mass is 19.4. The van der Waals surface area contributed by atoms with E-state index in [1.54, 1.807) is 0 Å². The average Bonchev–Trinajstić information content (AvgIpc) is 2.51. The number of guanidine groups is 1. The van der Waals surface area contributed by atoms with Crippen molar-refractivity contribution in [1.29, 1.82) is 0 Å². The molecule has 0 radical (unpaired) electrons. The van der Waals surface area contributed by atoms with E-state index in [1.165, 1.54) is 0 Å². The normalized spacial score (nSPS) is 12.4. The second-order valence-electron chi connectivity index (χ2n) is 5.17. The first kappa shape index (κ1) is 17.1. The van der Waals surface area contributed by atoms with Crippen molar-refractivity contribution in [2.45, 2.75) is 26.1 Å². The summed E-state index contributed by atoms with van der Waals surface area (Å²) >= 11 is 0. The average molecular weight is 323 g/mol. The van der Waals surface area contributed by atoms with Gasteiger partial charge in [-0.1, -0.05) is 36.4 Å². The van der Waals surface area contributed by atoms with E-state index in [0.29, 0.717) is 19.0 Å². The first-order chi connectivity index (χ1) is 11.0. The molecule has 0 spiro atoms. The Balaban J connectivity index is 2.00. The third kappa shape index (κ3) is 5.81. The highest BCUT2D eigenvalue weighted by molar-refractivity contribution is 5.83. The van der Waals surface area contributed by atoms with Gasteiger partial charge in [0.15, 0.2) is 5.96 Å². The molecule has 0 unspecified atom stereocenters. The minimum atomic E-state index is -4.16. The quantitative estimate of drug-likeness (QED) is 0.648. The number of halogens is 3. The molecule has 0 aliphatic heterocycles. The van der Waals surface area contributed by atoms with Gasteiger partial charge in [-0.2, -0.15) is 13.2 Å². The standard InChI is InChI=1S/C17H20F3N3/c1-2-21-16(22-10-9-17(18,19)20)23-12-13-7-8-14-5-3-4-6-15(14)11-13/h3-8,11H,2,9-10,12H2,1H3,(H2,21,22,23). The van der Waals surface area contributed by atoms with Gasteiger partial charge in [0.2, 0.25) is 0 Å². The zero-order valence-electron chi connectivity index (χ0n) is 13.0. The van der Waals surface area contributed by atoms with Crippen LogP contribution in [0.2, 0.25) is 0 Å². The molecule has 124 valence electrons. The van der Waals surface area contributed by atoms with Gasteiger partial charge >= 0.3 is 6.18 Å². The van der Waals surface area contributed by atoms with E-state index >= 15 is 0 Å². The molecule has 0 saturated carbocycles. The summed E-state index contributed by atoms with van der Waals surface area (Å²) < 4.78 is 36.6. The number of hydrogen-bond donors (Lipinski definition) is 2. The van der Waals surface area contributed by atoms with Gasteiger partial charge in [-0.3, -0.25) is 0 Å². The highest BCUT2D eigenvalue weighted by Crippen LogP contribution is 2.18.